The summed E-state index contributed by atoms with van der Waals surface area (Å²) in [6, 6.07) is 19.2. The number of amides is 2. The topological polar surface area (TPSA) is 104 Å². The first kappa shape index (κ1) is 23.4. The van der Waals surface area contributed by atoms with E-state index in [9.17, 15) is 18.0 Å². The van der Waals surface area contributed by atoms with Crippen LogP contribution in [0.5, 0.6) is 0 Å². The maximum Gasteiger partial charge on any atom is 0.240 e. The Hall–Kier alpha value is -3.23. The van der Waals surface area contributed by atoms with Crippen molar-refractivity contribution in [1.29, 1.82) is 0 Å². The van der Waals surface area contributed by atoms with E-state index < -0.39 is 15.4 Å². The Kier molecular flexibility index (Phi) is 6.96. The van der Waals surface area contributed by atoms with Gasteiger partial charge in [0.05, 0.1) is 4.90 Å². The number of anilines is 2. The van der Waals surface area contributed by atoms with Gasteiger partial charge < -0.3 is 10.6 Å². The fourth-order valence-electron chi connectivity index (χ4n) is 2.93. The van der Waals surface area contributed by atoms with E-state index in [1.807, 2.05) is 45.0 Å². The molecule has 0 saturated carbocycles. The molecule has 0 saturated heterocycles. The smallest absolute Gasteiger partial charge is 0.240 e. The number of carbonyl (C=O) groups excluding carboxylic acids is 2. The van der Waals surface area contributed by atoms with Crippen molar-refractivity contribution in [3.8, 4) is 0 Å². The fraction of sp³-hybridized carbons (Fsp3) is 0.250. The minimum absolute atomic E-state index is 0.0363. The van der Waals surface area contributed by atoms with Gasteiger partial charge in [0.2, 0.25) is 21.8 Å². The molecule has 3 aromatic rings. The molecule has 0 unspecified atom stereocenters. The quantitative estimate of drug-likeness (QED) is 0.500. The van der Waals surface area contributed by atoms with Gasteiger partial charge in [-0.3, -0.25) is 9.59 Å². The van der Waals surface area contributed by atoms with E-state index in [4.69, 9.17) is 0 Å². The van der Waals surface area contributed by atoms with Gasteiger partial charge in [-0.25, -0.2) is 13.1 Å². The lowest BCUT2D eigenvalue weighted by Crippen LogP contribution is -2.28. The van der Waals surface area contributed by atoms with Crippen LogP contribution in [0.2, 0.25) is 0 Å². The summed E-state index contributed by atoms with van der Waals surface area (Å²) in [4.78, 5) is 24.5. The lowest BCUT2D eigenvalue weighted by Gasteiger charge is -2.18. The molecule has 0 aliphatic rings. The Balaban J connectivity index is 1.55. The molecule has 3 rings (SSSR count). The van der Waals surface area contributed by atoms with Crippen molar-refractivity contribution >= 4 is 44.0 Å². The third kappa shape index (κ3) is 6.15. The summed E-state index contributed by atoms with van der Waals surface area (Å²) >= 11 is 0. The summed E-state index contributed by atoms with van der Waals surface area (Å²) in [6.45, 7) is 5.40. The van der Waals surface area contributed by atoms with Crippen LogP contribution in [0.15, 0.2) is 71.6 Å². The highest BCUT2D eigenvalue weighted by molar-refractivity contribution is 7.89. The van der Waals surface area contributed by atoms with Gasteiger partial charge in [0.25, 0.3) is 0 Å². The SMILES string of the molecule is CC(C)(C)C(=O)Nc1cccc(NC(=O)CCNS(=O)(=O)c2ccc3ccccc3c2)c1. The lowest BCUT2D eigenvalue weighted by atomic mass is 9.95. The molecule has 8 heteroatoms. The molecule has 0 fully saturated rings. The van der Waals surface area contributed by atoms with Crippen LogP contribution in [0.25, 0.3) is 10.8 Å². The van der Waals surface area contributed by atoms with Crippen molar-refractivity contribution in [3.63, 3.8) is 0 Å². The van der Waals surface area contributed by atoms with Gasteiger partial charge >= 0.3 is 0 Å². The zero-order valence-corrected chi connectivity index (χ0v) is 19.1. The van der Waals surface area contributed by atoms with E-state index in [0.717, 1.165) is 10.8 Å². The second-order valence-electron chi connectivity index (χ2n) is 8.49. The van der Waals surface area contributed by atoms with Crippen LogP contribution in [-0.2, 0) is 19.6 Å². The summed E-state index contributed by atoms with van der Waals surface area (Å²) in [5.74, 6) is -0.477. The first-order valence-corrected chi connectivity index (χ1v) is 11.7. The highest BCUT2D eigenvalue weighted by atomic mass is 32.2. The molecule has 3 aromatic carbocycles. The van der Waals surface area contributed by atoms with Crippen LogP contribution >= 0.6 is 0 Å². The van der Waals surface area contributed by atoms with Crippen molar-refractivity contribution in [2.75, 3.05) is 17.2 Å². The summed E-state index contributed by atoms with van der Waals surface area (Å²) in [7, 11) is -3.73. The molecule has 0 aromatic heterocycles. The molecular formula is C24H27N3O4S. The summed E-state index contributed by atoms with van der Waals surface area (Å²) in [5.41, 5.74) is 0.542. The summed E-state index contributed by atoms with van der Waals surface area (Å²) in [5, 5.41) is 7.30. The molecule has 0 heterocycles. The molecule has 168 valence electrons. The number of hydrogen-bond acceptors (Lipinski definition) is 4. The average molecular weight is 454 g/mol. The normalized spacial score (nSPS) is 11.8. The maximum absolute atomic E-state index is 12.6. The third-order valence-corrected chi connectivity index (χ3v) is 6.22. The number of hydrogen-bond donors (Lipinski definition) is 3. The van der Waals surface area contributed by atoms with Crippen molar-refractivity contribution < 1.29 is 18.0 Å². The van der Waals surface area contributed by atoms with Crippen LogP contribution in [0.1, 0.15) is 27.2 Å². The minimum atomic E-state index is -3.73. The largest absolute Gasteiger partial charge is 0.326 e. The van der Waals surface area contributed by atoms with Crippen LogP contribution in [0.4, 0.5) is 11.4 Å². The molecular weight excluding hydrogens is 426 g/mol. The Morgan fingerprint density at radius 1 is 0.812 bits per heavy atom. The van der Waals surface area contributed by atoms with E-state index in [2.05, 4.69) is 15.4 Å². The molecule has 2 amide bonds. The monoisotopic (exact) mass is 453 g/mol. The second kappa shape index (κ2) is 9.50. The highest BCUT2D eigenvalue weighted by Crippen LogP contribution is 2.21. The standard InChI is InChI=1S/C24H27N3O4S/c1-24(2,3)23(29)27-20-10-6-9-19(16-20)26-22(28)13-14-25-32(30,31)21-12-11-17-7-4-5-8-18(17)15-21/h4-12,15-16,25H,13-14H2,1-3H3,(H,26,28)(H,27,29). The molecule has 0 radical (unpaired) electrons. The molecule has 32 heavy (non-hydrogen) atoms. The Bertz CT molecular complexity index is 1250. The Morgan fingerprint density at radius 2 is 1.47 bits per heavy atom. The minimum Gasteiger partial charge on any atom is -0.326 e. The summed E-state index contributed by atoms with van der Waals surface area (Å²) in [6.07, 6.45) is -0.0363. The Morgan fingerprint density at radius 3 is 2.16 bits per heavy atom. The number of benzene rings is 3. The molecule has 0 aliphatic carbocycles. The molecule has 0 bridgehead atoms. The molecule has 0 aliphatic heterocycles. The number of sulfonamides is 1. The number of nitrogens with one attached hydrogen (secondary N) is 3. The van der Waals surface area contributed by atoms with Crippen molar-refractivity contribution in [3.05, 3.63) is 66.7 Å². The lowest BCUT2D eigenvalue weighted by molar-refractivity contribution is -0.123. The van der Waals surface area contributed by atoms with Gasteiger partial charge in [0, 0.05) is 29.8 Å². The molecule has 7 nitrogen and oxygen atoms in total. The second-order valence-corrected chi connectivity index (χ2v) is 10.3. The van der Waals surface area contributed by atoms with Crippen molar-refractivity contribution in [1.82, 2.24) is 4.72 Å². The average Bonchev–Trinajstić information content (AvgIpc) is 2.72. The van der Waals surface area contributed by atoms with Crippen LogP contribution in [0.3, 0.4) is 0 Å². The van der Waals surface area contributed by atoms with Crippen molar-refractivity contribution in [2.24, 2.45) is 5.41 Å². The zero-order chi connectivity index (χ0) is 23.4. The predicted octanol–water partition coefficient (Wildman–Crippen LogP) is 4.13. The van der Waals surface area contributed by atoms with Crippen molar-refractivity contribution in [2.45, 2.75) is 32.1 Å². The van der Waals surface area contributed by atoms with Gasteiger partial charge in [-0.1, -0.05) is 57.2 Å². The summed E-state index contributed by atoms with van der Waals surface area (Å²) < 4.78 is 27.6. The van der Waals surface area contributed by atoms with E-state index in [1.165, 1.54) is 0 Å². The predicted molar refractivity (Wildman–Crippen MR) is 127 cm³/mol. The maximum atomic E-state index is 12.6. The van der Waals surface area contributed by atoms with Gasteiger partial charge in [0.1, 0.15) is 0 Å². The number of fused-ring (bicyclic) bond motifs is 1. The van der Waals surface area contributed by atoms with Gasteiger partial charge in [0.15, 0.2) is 0 Å². The zero-order valence-electron chi connectivity index (χ0n) is 18.3. The van der Waals surface area contributed by atoms with Crippen LogP contribution < -0.4 is 15.4 Å². The van der Waals surface area contributed by atoms with Gasteiger partial charge in [-0.05, 0) is 41.1 Å². The molecule has 3 N–H and O–H groups in total. The van der Waals surface area contributed by atoms with E-state index >= 15 is 0 Å². The van der Waals surface area contributed by atoms with E-state index in [0.29, 0.717) is 11.4 Å². The van der Waals surface area contributed by atoms with Gasteiger partial charge in [-0.2, -0.15) is 0 Å². The van der Waals surface area contributed by atoms with Gasteiger partial charge in [-0.15, -0.1) is 0 Å². The third-order valence-electron chi connectivity index (χ3n) is 4.76. The Labute approximate surface area is 188 Å². The first-order valence-electron chi connectivity index (χ1n) is 10.2. The van der Waals surface area contributed by atoms with Crippen LogP contribution in [-0.4, -0.2) is 26.8 Å². The van der Waals surface area contributed by atoms with E-state index in [1.54, 1.807) is 42.5 Å². The number of rotatable bonds is 7. The highest BCUT2D eigenvalue weighted by Gasteiger charge is 2.21. The molecule has 0 spiro atoms. The number of carbonyl (C=O) groups is 2. The van der Waals surface area contributed by atoms with E-state index in [-0.39, 0.29) is 29.7 Å². The molecule has 0 atom stereocenters. The fourth-order valence-corrected chi connectivity index (χ4v) is 4.00. The van der Waals surface area contributed by atoms with Crippen LogP contribution in [0, 0.1) is 5.41 Å². The first-order chi connectivity index (χ1) is 15.0.